The van der Waals surface area contributed by atoms with Crippen molar-refractivity contribution < 1.29 is 14.3 Å². The molecule has 0 atom stereocenters. The highest BCUT2D eigenvalue weighted by atomic mass is 35.5. The van der Waals surface area contributed by atoms with Gasteiger partial charge in [0.15, 0.2) is 4.84 Å². The highest BCUT2D eigenvalue weighted by molar-refractivity contribution is 6.54. The molecule has 1 aromatic carbocycles. The van der Waals surface area contributed by atoms with Crippen LogP contribution < -0.4 is 15.5 Å². The van der Waals surface area contributed by atoms with E-state index in [1.807, 2.05) is 19.0 Å². The number of anilines is 2. The molecule has 2 amide bonds. The molecule has 1 saturated heterocycles. The minimum atomic E-state index is -1.17. The van der Waals surface area contributed by atoms with Crippen molar-refractivity contribution in [3.63, 3.8) is 0 Å². The molecule has 1 aromatic rings. The van der Waals surface area contributed by atoms with Gasteiger partial charge in [-0.3, -0.25) is 14.5 Å². The van der Waals surface area contributed by atoms with Crippen LogP contribution in [-0.2, 0) is 9.53 Å². The van der Waals surface area contributed by atoms with E-state index >= 15 is 0 Å². The van der Waals surface area contributed by atoms with Crippen molar-refractivity contribution in [2.24, 2.45) is 0 Å². The number of halogens is 2. The highest BCUT2D eigenvalue weighted by Crippen LogP contribution is 2.23. The van der Waals surface area contributed by atoms with Crippen LogP contribution in [0.15, 0.2) is 18.2 Å². The van der Waals surface area contributed by atoms with E-state index in [9.17, 15) is 9.59 Å². The number of morpholine rings is 1. The molecule has 9 heteroatoms. The van der Waals surface area contributed by atoms with Crippen molar-refractivity contribution in [2.45, 2.75) is 4.84 Å². The Bertz CT molecular complexity index is 634. The molecule has 1 aliphatic heterocycles. The Labute approximate surface area is 163 Å². The van der Waals surface area contributed by atoms with Crippen molar-refractivity contribution in [3.8, 4) is 0 Å². The molecule has 0 aromatic heterocycles. The molecule has 26 heavy (non-hydrogen) atoms. The monoisotopic (exact) mass is 402 g/mol. The molecular weight excluding hydrogens is 379 g/mol. The van der Waals surface area contributed by atoms with Crippen LogP contribution in [0, 0.1) is 0 Å². The molecule has 1 heterocycles. The van der Waals surface area contributed by atoms with Crippen LogP contribution in [0.5, 0.6) is 0 Å². The molecule has 0 unspecified atom stereocenters. The van der Waals surface area contributed by atoms with Crippen LogP contribution in [0.1, 0.15) is 10.4 Å². The number of hydrogen-bond donors (Lipinski definition) is 2. The van der Waals surface area contributed by atoms with Crippen LogP contribution in [-0.4, -0.2) is 75.0 Å². The molecule has 1 fully saturated rings. The summed E-state index contributed by atoms with van der Waals surface area (Å²) in [6, 6.07) is 5.09. The van der Waals surface area contributed by atoms with Gasteiger partial charge >= 0.3 is 0 Å². The van der Waals surface area contributed by atoms with Crippen LogP contribution in [0.25, 0.3) is 0 Å². The van der Waals surface area contributed by atoms with Gasteiger partial charge < -0.3 is 20.3 Å². The second kappa shape index (κ2) is 9.97. The fourth-order valence-electron chi connectivity index (χ4n) is 2.63. The van der Waals surface area contributed by atoms with E-state index in [1.54, 1.807) is 18.2 Å². The van der Waals surface area contributed by atoms with Gasteiger partial charge in [-0.25, -0.2) is 0 Å². The van der Waals surface area contributed by atoms with Gasteiger partial charge in [-0.05, 0) is 18.2 Å². The van der Waals surface area contributed by atoms with E-state index < -0.39 is 10.7 Å². The Morgan fingerprint density at radius 1 is 1.27 bits per heavy atom. The lowest BCUT2D eigenvalue weighted by Crippen LogP contribution is -2.41. The number of rotatable bonds is 7. The first-order valence-electron chi connectivity index (χ1n) is 8.37. The Morgan fingerprint density at radius 3 is 2.58 bits per heavy atom. The fraction of sp³-hybridized carbons (Fsp3) is 0.529. The topological polar surface area (TPSA) is 73.9 Å². The van der Waals surface area contributed by atoms with E-state index in [0.717, 1.165) is 38.5 Å². The van der Waals surface area contributed by atoms with Crippen molar-refractivity contribution in [3.05, 3.63) is 23.8 Å². The summed E-state index contributed by atoms with van der Waals surface area (Å²) in [5.41, 5.74) is 1.68. The predicted octanol–water partition coefficient (Wildman–Crippen LogP) is 1.56. The quantitative estimate of drug-likeness (QED) is 0.676. The Hall–Kier alpha value is -1.54. The lowest BCUT2D eigenvalue weighted by atomic mass is 10.1. The van der Waals surface area contributed by atoms with E-state index in [2.05, 4.69) is 15.5 Å². The van der Waals surface area contributed by atoms with Gasteiger partial charge in [-0.1, -0.05) is 23.2 Å². The number of benzene rings is 1. The first-order chi connectivity index (χ1) is 12.4. The highest BCUT2D eigenvalue weighted by Gasteiger charge is 2.17. The van der Waals surface area contributed by atoms with Crippen LogP contribution in [0.3, 0.4) is 0 Å². The molecule has 1 aliphatic rings. The Morgan fingerprint density at radius 2 is 1.96 bits per heavy atom. The number of amides is 2. The molecule has 0 spiro atoms. The van der Waals surface area contributed by atoms with E-state index in [4.69, 9.17) is 27.9 Å². The van der Waals surface area contributed by atoms with Crippen LogP contribution in [0.4, 0.5) is 11.4 Å². The summed E-state index contributed by atoms with van der Waals surface area (Å²) in [6.45, 7) is 4.50. The standard InChI is InChI=1S/C17H24Cl2N4O3/c1-22(2)14-4-3-12(21-17(25)15(18)19)11-13(14)16(24)20-5-6-23-7-9-26-10-8-23/h3-4,11,15H,5-10H2,1-2H3,(H,20,24)(H,21,25). The van der Waals surface area contributed by atoms with Crippen LogP contribution >= 0.6 is 23.2 Å². The van der Waals surface area contributed by atoms with Gasteiger partial charge in [0.25, 0.3) is 11.8 Å². The van der Waals surface area contributed by atoms with E-state index in [0.29, 0.717) is 17.8 Å². The van der Waals surface area contributed by atoms with Crippen molar-refractivity contribution in [2.75, 3.05) is 63.7 Å². The molecule has 2 N–H and O–H groups in total. The normalized spacial score (nSPS) is 15.0. The number of alkyl halides is 2. The molecule has 2 rings (SSSR count). The Balaban J connectivity index is 2.03. The van der Waals surface area contributed by atoms with E-state index in [-0.39, 0.29) is 5.91 Å². The van der Waals surface area contributed by atoms with Gasteiger partial charge in [0, 0.05) is 51.6 Å². The SMILES string of the molecule is CN(C)c1ccc(NC(=O)C(Cl)Cl)cc1C(=O)NCCN1CCOCC1. The largest absolute Gasteiger partial charge is 0.379 e. The van der Waals surface area contributed by atoms with Crippen molar-refractivity contribution in [1.29, 1.82) is 0 Å². The maximum Gasteiger partial charge on any atom is 0.257 e. The van der Waals surface area contributed by atoms with Gasteiger partial charge in [-0.2, -0.15) is 0 Å². The third kappa shape index (κ3) is 6.02. The van der Waals surface area contributed by atoms with Crippen molar-refractivity contribution in [1.82, 2.24) is 10.2 Å². The maximum absolute atomic E-state index is 12.6. The lowest BCUT2D eigenvalue weighted by Gasteiger charge is -2.26. The zero-order valence-corrected chi connectivity index (χ0v) is 16.4. The first-order valence-corrected chi connectivity index (χ1v) is 9.24. The molecule has 0 aliphatic carbocycles. The second-order valence-electron chi connectivity index (χ2n) is 6.13. The number of carbonyl (C=O) groups is 2. The summed E-state index contributed by atoms with van der Waals surface area (Å²) >= 11 is 11.1. The number of ether oxygens (including phenoxy) is 1. The summed E-state index contributed by atoms with van der Waals surface area (Å²) in [5, 5.41) is 5.52. The van der Waals surface area contributed by atoms with Gasteiger partial charge in [0.1, 0.15) is 0 Å². The summed E-state index contributed by atoms with van der Waals surface area (Å²) in [5.74, 6) is -0.740. The van der Waals surface area contributed by atoms with Crippen molar-refractivity contribution >= 4 is 46.4 Å². The minimum Gasteiger partial charge on any atom is -0.379 e. The third-order valence-corrected chi connectivity index (χ3v) is 4.40. The summed E-state index contributed by atoms with van der Waals surface area (Å²) < 4.78 is 5.31. The van der Waals surface area contributed by atoms with Gasteiger partial charge in [0.2, 0.25) is 0 Å². The predicted molar refractivity (Wildman–Crippen MR) is 104 cm³/mol. The van der Waals surface area contributed by atoms with Crippen LogP contribution in [0.2, 0.25) is 0 Å². The van der Waals surface area contributed by atoms with E-state index in [1.165, 1.54) is 0 Å². The third-order valence-electron chi connectivity index (χ3n) is 4.01. The fourth-order valence-corrected chi connectivity index (χ4v) is 2.74. The number of nitrogens with zero attached hydrogens (tertiary/aromatic N) is 2. The summed E-state index contributed by atoms with van der Waals surface area (Å²) in [4.78, 5) is 27.2. The zero-order valence-electron chi connectivity index (χ0n) is 14.9. The average molecular weight is 403 g/mol. The number of nitrogens with one attached hydrogen (secondary N) is 2. The molecule has 0 saturated carbocycles. The average Bonchev–Trinajstić information content (AvgIpc) is 2.62. The molecule has 0 bridgehead atoms. The molecule has 144 valence electrons. The summed E-state index contributed by atoms with van der Waals surface area (Å²) in [6.07, 6.45) is 0. The number of hydrogen-bond acceptors (Lipinski definition) is 5. The minimum absolute atomic E-state index is 0.202. The van der Waals surface area contributed by atoms with Gasteiger partial charge in [-0.15, -0.1) is 0 Å². The molecular formula is C17H24Cl2N4O3. The molecule has 7 nitrogen and oxygen atoms in total. The second-order valence-corrected chi connectivity index (χ2v) is 7.22. The lowest BCUT2D eigenvalue weighted by molar-refractivity contribution is -0.114. The zero-order chi connectivity index (χ0) is 19.1. The first kappa shape index (κ1) is 20.8. The smallest absolute Gasteiger partial charge is 0.257 e. The number of carbonyl (C=O) groups excluding carboxylic acids is 2. The summed E-state index contributed by atoms with van der Waals surface area (Å²) in [7, 11) is 3.71. The maximum atomic E-state index is 12.6. The Kier molecular flexibility index (Phi) is 7.96. The van der Waals surface area contributed by atoms with Gasteiger partial charge in [0.05, 0.1) is 18.8 Å². The molecule has 0 radical (unpaired) electrons.